The summed E-state index contributed by atoms with van der Waals surface area (Å²) in [7, 11) is 1.77. The second kappa shape index (κ2) is 7.91. The summed E-state index contributed by atoms with van der Waals surface area (Å²) in [6.07, 6.45) is 3.53. The van der Waals surface area contributed by atoms with Crippen molar-refractivity contribution in [1.29, 1.82) is 0 Å². The Balaban J connectivity index is 1.84. The minimum Gasteiger partial charge on any atom is -0.513 e. The number of rotatable bonds is 6. The minimum absolute atomic E-state index is 0.207. The molecule has 2 aromatic heterocycles. The summed E-state index contributed by atoms with van der Waals surface area (Å²) in [5.41, 5.74) is 4.36. The highest BCUT2D eigenvalue weighted by Crippen LogP contribution is 2.55. The lowest BCUT2D eigenvalue weighted by Gasteiger charge is -2.45. The summed E-state index contributed by atoms with van der Waals surface area (Å²) >= 11 is 1.87. The molecule has 176 valence electrons. The van der Waals surface area contributed by atoms with E-state index in [9.17, 15) is 5.11 Å². The number of benzene rings is 3. The first-order valence-corrected chi connectivity index (χ1v) is 13.0. The molecule has 3 heterocycles. The van der Waals surface area contributed by atoms with Crippen molar-refractivity contribution < 1.29 is 14.4 Å². The van der Waals surface area contributed by atoms with Gasteiger partial charge in [0.2, 0.25) is 5.52 Å². The molecule has 0 radical (unpaired) electrons. The van der Waals surface area contributed by atoms with Gasteiger partial charge in [-0.05, 0) is 41.3 Å². The molecule has 1 N–H and O–H groups in total. The van der Waals surface area contributed by atoms with Crippen molar-refractivity contribution in [3.63, 3.8) is 0 Å². The molecule has 5 aromatic rings. The zero-order valence-electron chi connectivity index (χ0n) is 20.5. The van der Waals surface area contributed by atoms with E-state index < -0.39 is 5.54 Å². The zero-order chi connectivity index (χ0) is 24.4. The Bertz CT molecular complexity index is 1620. The van der Waals surface area contributed by atoms with Crippen molar-refractivity contribution in [3.8, 4) is 11.1 Å². The quantitative estimate of drug-likeness (QED) is 0.200. The van der Waals surface area contributed by atoms with Crippen LogP contribution in [0, 0.1) is 0 Å². The summed E-state index contributed by atoms with van der Waals surface area (Å²) < 4.78 is 10.7. The Morgan fingerprint density at radius 2 is 1.80 bits per heavy atom. The van der Waals surface area contributed by atoms with Gasteiger partial charge in [0.15, 0.2) is 11.7 Å². The van der Waals surface area contributed by atoms with Crippen molar-refractivity contribution in [2.45, 2.75) is 37.6 Å². The average molecular weight is 481 g/mol. The number of pyridine rings is 1. The maximum atomic E-state index is 10.6. The summed E-state index contributed by atoms with van der Waals surface area (Å²) in [6.45, 7) is 9.20. The van der Waals surface area contributed by atoms with E-state index in [-0.39, 0.29) is 11.2 Å². The fourth-order valence-electron chi connectivity index (χ4n) is 6.36. The van der Waals surface area contributed by atoms with Gasteiger partial charge in [0, 0.05) is 37.0 Å². The van der Waals surface area contributed by atoms with E-state index in [0.717, 1.165) is 6.42 Å². The van der Waals surface area contributed by atoms with Gasteiger partial charge in [-0.1, -0.05) is 61.2 Å². The second-order valence-corrected chi connectivity index (χ2v) is 11.2. The van der Waals surface area contributed by atoms with Crippen LogP contribution < -0.4 is 4.57 Å². The number of fused-ring (bicyclic) bond motifs is 2. The summed E-state index contributed by atoms with van der Waals surface area (Å²) in [6, 6.07) is 24.0. The van der Waals surface area contributed by atoms with Crippen LogP contribution in [0.5, 0.6) is 0 Å². The summed E-state index contributed by atoms with van der Waals surface area (Å²) in [5, 5.41) is 14.5. The van der Waals surface area contributed by atoms with Gasteiger partial charge in [0.25, 0.3) is 0 Å². The van der Waals surface area contributed by atoms with Gasteiger partial charge in [-0.15, -0.1) is 11.3 Å². The molecule has 6 rings (SSSR count). The van der Waals surface area contributed by atoms with Crippen LogP contribution in [0.1, 0.15) is 32.3 Å². The number of allylic oxidation sites excluding steroid dienone is 1. The molecule has 0 fully saturated rings. The number of aliphatic hydroxyl groups excluding tert-OH is 1. The summed E-state index contributed by atoms with van der Waals surface area (Å²) in [5.74, 6) is 0.207. The van der Waals surface area contributed by atoms with Gasteiger partial charge < -0.3 is 9.84 Å². The first-order chi connectivity index (χ1) is 16.9. The zero-order valence-corrected chi connectivity index (χ0v) is 21.3. The molecule has 0 bridgehead atoms. The number of thiophene rings is 1. The molecule has 2 unspecified atom stereocenters. The molecule has 3 aromatic carbocycles. The van der Waals surface area contributed by atoms with Gasteiger partial charge >= 0.3 is 0 Å². The number of methoxy groups -OCH3 is 1. The fraction of sp³-hybridized carbons (Fsp3) is 0.258. The van der Waals surface area contributed by atoms with Gasteiger partial charge in [-0.25, -0.2) is 0 Å². The lowest BCUT2D eigenvalue weighted by atomic mass is 9.60. The lowest BCUT2D eigenvalue weighted by Crippen LogP contribution is -2.67. The van der Waals surface area contributed by atoms with Gasteiger partial charge in [0.1, 0.15) is 4.70 Å². The van der Waals surface area contributed by atoms with Crippen molar-refractivity contribution in [2.75, 3.05) is 13.7 Å². The highest BCUT2D eigenvalue weighted by molar-refractivity contribution is 7.26. The van der Waals surface area contributed by atoms with Gasteiger partial charge in [-0.2, -0.15) is 4.57 Å². The highest BCUT2D eigenvalue weighted by atomic mass is 32.1. The van der Waals surface area contributed by atoms with Crippen LogP contribution in [0.4, 0.5) is 0 Å². The van der Waals surface area contributed by atoms with Crippen LogP contribution >= 0.6 is 11.3 Å². The molecule has 1 aliphatic rings. The number of aromatic nitrogens is 1. The van der Waals surface area contributed by atoms with Crippen molar-refractivity contribution >= 4 is 42.4 Å². The van der Waals surface area contributed by atoms with E-state index in [4.69, 9.17) is 4.74 Å². The van der Waals surface area contributed by atoms with E-state index in [1.807, 2.05) is 11.3 Å². The second-order valence-electron chi connectivity index (χ2n) is 10.2. The molecule has 0 saturated carbocycles. The Morgan fingerprint density at radius 3 is 2.54 bits per heavy atom. The smallest absolute Gasteiger partial charge is 0.232 e. The van der Waals surface area contributed by atoms with Crippen LogP contribution in [0.15, 0.2) is 85.3 Å². The van der Waals surface area contributed by atoms with E-state index in [1.165, 1.54) is 47.8 Å². The Hall–Kier alpha value is -3.21. The fourth-order valence-corrected chi connectivity index (χ4v) is 7.66. The summed E-state index contributed by atoms with van der Waals surface area (Å²) in [4.78, 5) is 0. The monoisotopic (exact) mass is 480 g/mol. The third-order valence-corrected chi connectivity index (χ3v) is 9.42. The Labute approximate surface area is 209 Å². The van der Waals surface area contributed by atoms with E-state index >= 15 is 0 Å². The standard InChI is InChI=1S/C31H29NO2S/c1-20(33)19-31(3)30(2,15-17-34-4)27-23-13-9-8-12-22(23)18-25-26(27)28-29(35-25)24(14-16-32(28)31)21-10-6-5-7-11-21/h5-14,16,18H,1,15,17,19H2,2-4H3/p+1. The van der Waals surface area contributed by atoms with Crippen LogP contribution in [0.3, 0.4) is 0 Å². The molecule has 2 atom stereocenters. The van der Waals surface area contributed by atoms with Crippen LogP contribution in [-0.2, 0) is 15.7 Å². The maximum absolute atomic E-state index is 10.6. The van der Waals surface area contributed by atoms with Gasteiger partial charge in [0.05, 0.1) is 23.0 Å². The number of ether oxygens (including phenoxy) is 1. The van der Waals surface area contributed by atoms with Crippen molar-refractivity contribution in [3.05, 3.63) is 90.8 Å². The van der Waals surface area contributed by atoms with E-state index in [0.29, 0.717) is 13.0 Å². The lowest BCUT2D eigenvalue weighted by molar-refractivity contribution is -0.750. The molecule has 3 nitrogen and oxygen atoms in total. The first kappa shape index (κ1) is 22.3. The van der Waals surface area contributed by atoms with Crippen LogP contribution in [0.25, 0.3) is 42.2 Å². The van der Waals surface area contributed by atoms with E-state index in [2.05, 4.69) is 97.9 Å². The largest absolute Gasteiger partial charge is 0.513 e. The maximum Gasteiger partial charge on any atom is 0.232 e. The molecule has 0 aliphatic carbocycles. The molecular weight excluding hydrogens is 450 g/mol. The Kier molecular flexibility index (Phi) is 5.03. The van der Waals surface area contributed by atoms with E-state index in [1.54, 1.807) is 7.11 Å². The van der Waals surface area contributed by atoms with Crippen LogP contribution in [0.2, 0.25) is 0 Å². The van der Waals surface area contributed by atoms with Gasteiger partial charge in [-0.3, -0.25) is 0 Å². The predicted octanol–water partition coefficient (Wildman–Crippen LogP) is 7.65. The number of hydrogen-bond donors (Lipinski definition) is 1. The molecule has 0 amide bonds. The third-order valence-electron chi connectivity index (χ3n) is 8.26. The first-order valence-electron chi connectivity index (χ1n) is 12.1. The molecule has 0 saturated heterocycles. The third kappa shape index (κ3) is 3.03. The number of hydrogen-bond acceptors (Lipinski definition) is 3. The normalized spacial score (nSPS) is 21.3. The SMILES string of the molecule is C=C(O)CC1(C)[n+]2ccc(-c3ccccc3)c3sc4cc5ccccc5c(c4c32)C1(C)CCOC. The van der Waals surface area contributed by atoms with Crippen molar-refractivity contribution in [2.24, 2.45) is 0 Å². The molecular formula is C31H30NO2S+. The average Bonchev–Trinajstić information content (AvgIpc) is 3.23. The predicted molar refractivity (Wildman–Crippen MR) is 146 cm³/mol. The van der Waals surface area contributed by atoms with Crippen LogP contribution in [-0.4, -0.2) is 18.8 Å². The Morgan fingerprint density at radius 1 is 1.06 bits per heavy atom. The minimum atomic E-state index is -0.435. The molecule has 1 aliphatic heterocycles. The molecule has 4 heteroatoms. The number of aliphatic hydroxyl groups is 1. The molecule has 35 heavy (non-hydrogen) atoms. The highest BCUT2D eigenvalue weighted by Gasteiger charge is 2.58. The topological polar surface area (TPSA) is 33.3 Å². The number of nitrogens with zero attached hydrogens (tertiary/aromatic N) is 1. The molecule has 0 spiro atoms. The van der Waals surface area contributed by atoms with Crippen molar-refractivity contribution in [1.82, 2.24) is 0 Å².